The molecule has 0 saturated carbocycles. The molecule has 0 spiro atoms. The van der Waals surface area contributed by atoms with E-state index >= 15 is 0 Å². The molecule has 4 nitrogen and oxygen atoms in total. The fraction of sp³-hybridized carbons (Fsp3) is 0.529. The fourth-order valence-corrected chi connectivity index (χ4v) is 1.21. The Labute approximate surface area is 128 Å². The molecular formula is C17H28O4. The summed E-state index contributed by atoms with van der Waals surface area (Å²) in [5.41, 5.74) is 0.992. The molecule has 0 saturated heterocycles. The highest BCUT2D eigenvalue weighted by Gasteiger charge is 2.11. The van der Waals surface area contributed by atoms with Gasteiger partial charge in [-0.3, -0.25) is 4.79 Å². The van der Waals surface area contributed by atoms with Crippen molar-refractivity contribution in [1.82, 2.24) is 0 Å². The Morgan fingerprint density at radius 3 is 1.86 bits per heavy atom. The molecule has 1 rings (SSSR count). The maximum Gasteiger partial charge on any atom is 0.335 e. The monoisotopic (exact) mass is 296 g/mol. The quantitative estimate of drug-likeness (QED) is 0.777. The summed E-state index contributed by atoms with van der Waals surface area (Å²) in [5, 5.41) is 8.51. The number of carbonyl (C=O) groups excluding carboxylic acids is 1. The number of carboxylic acid groups (broad SMARTS) is 1. The van der Waals surface area contributed by atoms with Crippen LogP contribution in [0.2, 0.25) is 0 Å². The van der Waals surface area contributed by atoms with Gasteiger partial charge in [-0.25, -0.2) is 4.79 Å². The van der Waals surface area contributed by atoms with Crippen LogP contribution in [0.15, 0.2) is 24.3 Å². The smallest absolute Gasteiger partial charge is 0.335 e. The number of hydrogen-bond acceptors (Lipinski definition) is 3. The average Bonchev–Trinajstić information content (AvgIpc) is 2.27. The standard InChI is InChI=1S/C8H8O2.C6H12O2.C3H8/c1-6-3-2-4-7(5-6)8(9)10;1-5(7)8-6(2,3)4;1-3-2/h2-5H,1H3,(H,9,10);1-4H3;3H2,1-2H3. The minimum Gasteiger partial charge on any atom is -0.478 e. The van der Waals surface area contributed by atoms with E-state index in [2.05, 4.69) is 13.8 Å². The molecule has 0 aliphatic rings. The number of hydrogen-bond donors (Lipinski definition) is 1. The van der Waals surface area contributed by atoms with Gasteiger partial charge in [-0.1, -0.05) is 38.0 Å². The second kappa shape index (κ2) is 10.9. The zero-order chi connectivity index (χ0) is 17.1. The van der Waals surface area contributed by atoms with Gasteiger partial charge in [-0.05, 0) is 39.8 Å². The van der Waals surface area contributed by atoms with Crippen LogP contribution in [-0.4, -0.2) is 22.6 Å². The number of esters is 1. The predicted octanol–water partition coefficient (Wildman–Crippen LogP) is 4.46. The Kier molecular flexibility index (Phi) is 11.1. The molecule has 1 aromatic rings. The minimum absolute atomic E-state index is 0.225. The van der Waals surface area contributed by atoms with Crippen LogP contribution >= 0.6 is 0 Å². The van der Waals surface area contributed by atoms with Crippen LogP contribution in [-0.2, 0) is 9.53 Å². The number of rotatable bonds is 1. The van der Waals surface area contributed by atoms with Crippen molar-refractivity contribution >= 4 is 11.9 Å². The van der Waals surface area contributed by atoms with Crippen molar-refractivity contribution < 1.29 is 19.4 Å². The third-order valence-corrected chi connectivity index (χ3v) is 1.71. The number of carbonyl (C=O) groups is 2. The van der Waals surface area contributed by atoms with Crippen LogP contribution in [0.3, 0.4) is 0 Å². The summed E-state index contributed by atoms with van der Waals surface area (Å²) >= 11 is 0. The molecule has 0 aromatic heterocycles. The lowest BCUT2D eigenvalue weighted by atomic mass is 10.1. The van der Waals surface area contributed by atoms with Crippen molar-refractivity contribution in [1.29, 1.82) is 0 Å². The van der Waals surface area contributed by atoms with E-state index in [1.807, 2.05) is 33.8 Å². The van der Waals surface area contributed by atoms with Gasteiger partial charge in [0.1, 0.15) is 5.60 Å². The van der Waals surface area contributed by atoms with E-state index in [1.165, 1.54) is 13.3 Å². The second-order valence-corrected chi connectivity index (χ2v) is 5.59. The van der Waals surface area contributed by atoms with Crippen molar-refractivity contribution in [2.45, 2.75) is 60.5 Å². The van der Waals surface area contributed by atoms with Gasteiger partial charge in [0.2, 0.25) is 0 Å². The Balaban J connectivity index is 0. The molecule has 0 radical (unpaired) electrons. The Bertz CT molecular complexity index is 431. The lowest BCUT2D eigenvalue weighted by molar-refractivity contribution is -0.151. The van der Waals surface area contributed by atoms with Gasteiger partial charge in [0, 0.05) is 6.92 Å². The highest BCUT2D eigenvalue weighted by molar-refractivity contribution is 5.87. The summed E-state index contributed by atoms with van der Waals surface area (Å²) in [6.45, 7) is 13.1. The largest absolute Gasteiger partial charge is 0.478 e. The average molecular weight is 296 g/mol. The molecule has 21 heavy (non-hydrogen) atoms. The lowest BCUT2D eigenvalue weighted by Gasteiger charge is -2.17. The fourth-order valence-electron chi connectivity index (χ4n) is 1.21. The summed E-state index contributed by atoms with van der Waals surface area (Å²) in [6, 6.07) is 6.82. The first-order chi connectivity index (χ1) is 9.53. The van der Waals surface area contributed by atoms with E-state index in [9.17, 15) is 9.59 Å². The Hall–Kier alpha value is -1.84. The molecule has 0 aliphatic carbocycles. The molecule has 0 heterocycles. The highest BCUT2D eigenvalue weighted by atomic mass is 16.6. The lowest BCUT2D eigenvalue weighted by Crippen LogP contribution is -2.21. The third kappa shape index (κ3) is 16.1. The topological polar surface area (TPSA) is 63.6 Å². The van der Waals surface area contributed by atoms with Gasteiger partial charge in [0.15, 0.2) is 0 Å². The maximum atomic E-state index is 10.4. The Morgan fingerprint density at radius 2 is 1.67 bits per heavy atom. The molecule has 4 heteroatoms. The van der Waals surface area contributed by atoms with Crippen LogP contribution in [0, 0.1) is 6.92 Å². The van der Waals surface area contributed by atoms with Crippen LogP contribution in [0.1, 0.15) is 63.9 Å². The number of benzene rings is 1. The molecule has 0 atom stereocenters. The van der Waals surface area contributed by atoms with Crippen molar-refractivity contribution in [3.63, 3.8) is 0 Å². The zero-order valence-electron chi connectivity index (χ0n) is 14.2. The molecule has 120 valence electrons. The van der Waals surface area contributed by atoms with E-state index in [-0.39, 0.29) is 11.6 Å². The molecule has 0 aliphatic heterocycles. The van der Waals surface area contributed by atoms with E-state index in [1.54, 1.807) is 18.2 Å². The predicted molar refractivity (Wildman–Crippen MR) is 85.6 cm³/mol. The summed E-state index contributed by atoms with van der Waals surface area (Å²) in [5.74, 6) is -1.10. The van der Waals surface area contributed by atoms with Gasteiger partial charge in [-0.15, -0.1) is 0 Å². The number of aromatic carboxylic acids is 1. The number of ether oxygens (including phenoxy) is 1. The van der Waals surface area contributed by atoms with E-state index < -0.39 is 5.97 Å². The van der Waals surface area contributed by atoms with Gasteiger partial charge in [0.05, 0.1) is 5.56 Å². The molecular weight excluding hydrogens is 268 g/mol. The molecule has 0 bridgehead atoms. The Morgan fingerprint density at radius 1 is 1.19 bits per heavy atom. The first-order valence-corrected chi connectivity index (χ1v) is 7.03. The van der Waals surface area contributed by atoms with Crippen LogP contribution in [0.4, 0.5) is 0 Å². The van der Waals surface area contributed by atoms with Crippen LogP contribution < -0.4 is 0 Å². The number of carboxylic acids is 1. The van der Waals surface area contributed by atoms with E-state index in [4.69, 9.17) is 9.84 Å². The summed E-state index contributed by atoms with van der Waals surface area (Å²) in [6.07, 6.45) is 1.25. The zero-order valence-corrected chi connectivity index (χ0v) is 14.2. The summed E-state index contributed by atoms with van der Waals surface area (Å²) < 4.78 is 4.80. The molecule has 1 aromatic carbocycles. The summed E-state index contributed by atoms with van der Waals surface area (Å²) in [4.78, 5) is 20.6. The van der Waals surface area contributed by atoms with Gasteiger partial charge < -0.3 is 9.84 Å². The van der Waals surface area contributed by atoms with E-state index in [0.717, 1.165) is 5.56 Å². The molecule has 0 amide bonds. The molecule has 0 fully saturated rings. The van der Waals surface area contributed by atoms with Gasteiger partial charge in [0.25, 0.3) is 0 Å². The minimum atomic E-state index is -0.872. The van der Waals surface area contributed by atoms with Crippen molar-refractivity contribution in [2.24, 2.45) is 0 Å². The third-order valence-electron chi connectivity index (χ3n) is 1.71. The number of aryl methyl sites for hydroxylation is 1. The van der Waals surface area contributed by atoms with Gasteiger partial charge in [-0.2, -0.15) is 0 Å². The molecule has 0 unspecified atom stereocenters. The van der Waals surface area contributed by atoms with Crippen LogP contribution in [0.25, 0.3) is 0 Å². The van der Waals surface area contributed by atoms with Crippen molar-refractivity contribution in [2.75, 3.05) is 0 Å². The van der Waals surface area contributed by atoms with Crippen LogP contribution in [0.5, 0.6) is 0 Å². The normalized spacial score (nSPS) is 9.48. The van der Waals surface area contributed by atoms with Gasteiger partial charge >= 0.3 is 11.9 Å². The SMILES string of the molecule is CC(=O)OC(C)(C)C.CCC.Cc1cccc(C(=O)O)c1. The van der Waals surface area contributed by atoms with Crippen molar-refractivity contribution in [3.8, 4) is 0 Å². The maximum absolute atomic E-state index is 10.4. The summed E-state index contributed by atoms with van der Waals surface area (Å²) in [7, 11) is 0. The first kappa shape index (κ1) is 21.5. The molecule has 1 N–H and O–H groups in total. The van der Waals surface area contributed by atoms with Crippen molar-refractivity contribution in [3.05, 3.63) is 35.4 Å². The second-order valence-electron chi connectivity index (χ2n) is 5.59. The highest BCUT2D eigenvalue weighted by Crippen LogP contribution is 2.05. The first-order valence-electron chi connectivity index (χ1n) is 7.03. The van der Waals surface area contributed by atoms with E-state index in [0.29, 0.717) is 5.56 Å².